The number of nitrogens with zero attached hydrogens (tertiary/aromatic N) is 4. The second kappa shape index (κ2) is 15.3. The molecule has 47 heavy (non-hydrogen) atoms. The zero-order valence-corrected chi connectivity index (χ0v) is 28.0. The summed E-state index contributed by atoms with van der Waals surface area (Å²) in [4.78, 5) is 49.3. The fourth-order valence-corrected chi connectivity index (χ4v) is 5.98. The number of anilines is 3. The number of fused-ring (bicyclic) bond motifs is 1. The highest BCUT2D eigenvalue weighted by atomic mass is 35.5. The zero-order valence-electron chi connectivity index (χ0n) is 26.5. The topological polar surface area (TPSA) is 117 Å². The van der Waals surface area contributed by atoms with Crippen molar-refractivity contribution in [2.24, 2.45) is 0 Å². The third kappa shape index (κ3) is 8.38. The minimum absolute atomic E-state index is 0.0590. The number of aryl methyl sites for hydroxylation is 1. The molecule has 0 saturated carbocycles. The number of aromatic nitrogens is 2. The van der Waals surface area contributed by atoms with Crippen LogP contribution in [0, 0.1) is 6.92 Å². The first kappa shape index (κ1) is 33.7. The summed E-state index contributed by atoms with van der Waals surface area (Å²) in [6, 6.07) is 14.7. The van der Waals surface area contributed by atoms with Gasteiger partial charge in [-0.3, -0.25) is 14.4 Å². The second-order valence-corrected chi connectivity index (χ2v) is 12.1. The van der Waals surface area contributed by atoms with Crippen LogP contribution in [0.4, 0.5) is 17.2 Å². The predicted molar refractivity (Wildman–Crippen MR) is 187 cm³/mol. The Morgan fingerprint density at radius 1 is 1.06 bits per heavy atom. The maximum absolute atomic E-state index is 13.0. The van der Waals surface area contributed by atoms with Gasteiger partial charge in [-0.1, -0.05) is 35.3 Å². The lowest BCUT2D eigenvalue weighted by Crippen LogP contribution is -2.37. The summed E-state index contributed by atoms with van der Waals surface area (Å²) in [5, 5.41) is 6.86. The van der Waals surface area contributed by atoms with Crippen LogP contribution in [0.25, 0.3) is 17.0 Å². The van der Waals surface area contributed by atoms with Crippen LogP contribution in [0.15, 0.2) is 60.8 Å². The molecular weight excluding hydrogens is 639 g/mol. The van der Waals surface area contributed by atoms with E-state index in [1.165, 1.54) is 43.4 Å². The molecule has 1 fully saturated rings. The SMILES string of the molecule is CC(=O)Nc1ccc(/C=C/C(=O)NCC(=O)N(C)c2ccc(Cl)c(COc3cccc4c(N5CCCCC5)cc(C)nc34)c2Cl)cn1. The number of likely N-dealkylation sites (N-methyl/N-ethyl adjacent to an activating group) is 1. The highest BCUT2D eigenvalue weighted by Gasteiger charge is 2.20. The number of carbonyl (C=O) groups excluding carboxylic acids is 3. The molecule has 1 aliphatic heterocycles. The maximum Gasteiger partial charge on any atom is 0.246 e. The van der Waals surface area contributed by atoms with E-state index in [0.29, 0.717) is 33.4 Å². The molecule has 0 bridgehead atoms. The molecule has 5 rings (SSSR count). The monoisotopic (exact) mass is 674 g/mol. The predicted octanol–water partition coefficient (Wildman–Crippen LogP) is 6.57. The van der Waals surface area contributed by atoms with Crippen molar-refractivity contribution in [3.63, 3.8) is 0 Å². The summed E-state index contributed by atoms with van der Waals surface area (Å²) in [7, 11) is 1.58. The Bertz CT molecular complexity index is 1820. The quantitative estimate of drug-likeness (QED) is 0.183. The van der Waals surface area contributed by atoms with Gasteiger partial charge in [0.2, 0.25) is 17.7 Å². The van der Waals surface area contributed by atoms with Gasteiger partial charge in [-0.15, -0.1) is 0 Å². The van der Waals surface area contributed by atoms with Crippen LogP contribution in [0.1, 0.15) is 43.0 Å². The van der Waals surface area contributed by atoms with Crippen molar-refractivity contribution in [3.05, 3.63) is 87.7 Å². The fraction of sp³-hybridized carbons (Fsp3) is 0.286. The molecule has 1 saturated heterocycles. The van der Waals surface area contributed by atoms with Gasteiger partial charge in [0, 0.05) is 66.7 Å². The molecule has 0 spiro atoms. The highest BCUT2D eigenvalue weighted by molar-refractivity contribution is 6.38. The van der Waals surface area contributed by atoms with Gasteiger partial charge in [-0.25, -0.2) is 9.97 Å². The van der Waals surface area contributed by atoms with Crippen molar-refractivity contribution >= 4 is 75.1 Å². The average molecular weight is 676 g/mol. The van der Waals surface area contributed by atoms with Crippen LogP contribution in [-0.2, 0) is 21.0 Å². The minimum Gasteiger partial charge on any atom is -0.487 e. The molecule has 2 aromatic carbocycles. The molecule has 3 amide bonds. The number of carbonyl (C=O) groups is 3. The van der Waals surface area contributed by atoms with E-state index in [9.17, 15) is 14.4 Å². The van der Waals surface area contributed by atoms with Crippen LogP contribution >= 0.6 is 23.2 Å². The molecular formula is C35H36Cl2N6O4. The van der Waals surface area contributed by atoms with E-state index >= 15 is 0 Å². The molecule has 1 aliphatic rings. The van der Waals surface area contributed by atoms with E-state index < -0.39 is 5.91 Å². The van der Waals surface area contributed by atoms with Gasteiger partial charge in [0.1, 0.15) is 23.7 Å². The molecule has 3 heterocycles. The lowest BCUT2D eigenvalue weighted by atomic mass is 10.1. The summed E-state index contributed by atoms with van der Waals surface area (Å²) < 4.78 is 6.28. The Balaban J connectivity index is 1.24. The highest BCUT2D eigenvalue weighted by Crippen LogP contribution is 2.37. The van der Waals surface area contributed by atoms with Gasteiger partial charge in [-0.2, -0.15) is 0 Å². The first-order valence-corrected chi connectivity index (χ1v) is 16.1. The van der Waals surface area contributed by atoms with E-state index in [1.54, 1.807) is 37.4 Å². The lowest BCUT2D eigenvalue weighted by molar-refractivity contribution is -0.122. The molecule has 2 N–H and O–H groups in total. The Kier molecular flexibility index (Phi) is 11.0. The van der Waals surface area contributed by atoms with Crippen LogP contribution < -0.4 is 25.2 Å². The molecule has 244 valence electrons. The van der Waals surface area contributed by atoms with E-state index in [2.05, 4.69) is 32.7 Å². The first-order chi connectivity index (χ1) is 22.6. The Labute approximate surface area is 283 Å². The third-order valence-corrected chi connectivity index (χ3v) is 8.59. The first-order valence-electron chi connectivity index (χ1n) is 15.3. The van der Waals surface area contributed by atoms with Gasteiger partial charge in [0.25, 0.3) is 0 Å². The van der Waals surface area contributed by atoms with Gasteiger partial charge in [0.05, 0.1) is 17.3 Å². The number of ether oxygens (including phenoxy) is 1. The molecule has 4 aromatic rings. The number of amides is 3. The minimum atomic E-state index is -0.462. The summed E-state index contributed by atoms with van der Waals surface area (Å²) in [5.74, 6) is -0.0544. The van der Waals surface area contributed by atoms with Gasteiger partial charge in [-0.05, 0) is 74.2 Å². The van der Waals surface area contributed by atoms with Crippen LogP contribution in [-0.4, -0.2) is 54.4 Å². The number of hydrogen-bond acceptors (Lipinski definition) is 7. The fourth-order valence-electron chi connectivity index (χ4n) is 5.37. The largest absolute Gasteiger partial charge is 0.487 e. The van der Waals surface area contributed by atoms with E-state index in [-0.39, 0.29) is 30.0 Å². The lowest BCUT2D eigenvalue weighted by Gasteiger charge is -2.30. The molecule has 12 heteroatoms. The van der Waals surface area contributed by atoms with Crippen LogP contribution in [0.5, 0.6) is 5.75 Å². The summed E-state index contributed by atoms with van der Waals surface area (Å²) in [6.07, 6.45) is 7.95. The summed E-state index contributed by atoms with van der Waals surface area (Å²) in [5.41, 5.74) is 4.44. The molecule has 0 radical (unpaired) electrons. The summed E-state index contributed by atoms with van der Waals surface area (Å²) >= 11 is 13.4. The molecule has 0 atom stereocenters. The zero-order chi connectivity index (χ0) is 33.5. The number of piperidine rings is 1. The third-order valence-electron chi connectivity index (χ3n) is 7.81. The summed E-state index contributed by atoms with van der Waals surface area (Å²) in [6.45, 7) is 5.21. The number of para-hydroxylation sites is 1. The normalized spacial score (nSPS) is 13.1. The van der Waals surface area contributed by atoms with Gasteiger partial charge >= 0.3 is 0 Å². The standard InChI is InChI=1S/C35H36Cl2N6O4/c1-22-18-29(43-16-5-4-6-17-43)25-8-7-9-30(35(25)40-22)47-21-26-27(36)12-13-28(34(26)37)42(3)33(46)20-39-32(45)15-11-24-10-14-31(38-19-24)41-23(2)44/h7-15,18-19H,4-6,16-17,20-21H2,1-3H3,(H,39,45)(H,38,41,44)/b15-11+. The molecule has 2 aromatic heterocycles. The van der Waals surface area contributed by atoms with Gasteiger partial charge in [0.15, 0.2) is 0 Å². The Morgan fingerprint density at radius 2 is 1.85 bits per heavy atom. The van der Waals surface area contributed by atoms with Crippen LogP contribution in [0.2, 0.25) is 10.0 Å². The molecule has 0 aliphatic carbocycles. The molecule has 10 nitrogen and oxygen atoms in total. The smallest absolute Gasteiger partial charge is 0.246 e. The van der Waals surface area contributed by atoms with E-state index in [0.717, 1.165) is 35.4 Å². The van der Waals surface area contributed by atoms with Crippen molar-refractivity contribution in [1.82, 2.24) is 15.3 Å². The van der Waals surface area contributed by atoms with Gasteiger partial charge < -0.3 is 25.2 Å². The van der Waals surface area contributed by atoms with Crippen molar-refractivity contribution in [3.8, 4) is 5.75 Å². The van der Waals surface area contributed by atoms with Crippen molar-refractivity contribution < 1.29 is 19.1 Å². The Hall–Kier alpha value is -4.67. The number of benzene rings is 2. The second-order valence-electron chi connectivity index (χ2n) is 11.3. The van der Waals surface area contributed by atoms with E-state index in [1.807, 2.05) is 19.1 Å². The van der Waals surface area contributed by atoms with Crippen LogP contribution in [0.3, 0.4) is 0 Å². The number of pyridine rings is 2. The number of rotatable bonds is 10. The van der Waals surface area contributed by atoms with Crippen molar-refractivity contribution in [2.45, 2.75) is 39.7 Å². The number of nitrogens with one attached hydrogen (secondary N) is 2. The average Bonchev–Trinajstić information content (AvgIpc) is 3.06. The van der Waals surface area contributed by atoms with E-state index in [4.69, 9.17) is 32.9 Å². The number of halogens is 2. The maximum atomic E-state index is 13.0. The van der Waals surface area contributed by atoms with Crippen molar-refractivity contribution in [2.75, 3.05) is 41.8 Å². The number of hydrogen-bond donors (Lipinski definition) is 2. The van der Waals surface area contributed by atoms with Crippen molar-refractivity contribution in [1.29, 1.82) is 0 Å². The Morgan fingerprint density at radius 3 is 2.57 bits per heavy atom. The molecule has 0 unspecified atom stereocenters.